The number of carboxylic acids is 1. The minimum absolute atomic E-state index is 0.0169. The number of ether oxygens (including phenoxy) is 1. The van der Waals surface area contributed by atoms with Crippen molar-refractivity contribution in [2.75, 3.05) is 11.9 Å². The van der Waals surface area contributed by atoms with E-state index in [0.717, 1.165) is 11.1 Å². The van der Waals surface area contributed by atoms with Crippen LogP contribution in [0.25, 0.3) is 11.1 Å². The molecule has 0 heterocycles. The molecule has 7 nitrogen and oxygen atoms in total. The Morgan fingerprint density at radius 3 is 2.11 bits per heavy atom. The van der Waals surface area contributed by atoms with Crippen LogP contribution in [0.5, 0.6) is 0 Å². The molecule has 1 unspecified atom stereocenters. The van der Waals surface area contributed by atoms with Crippen LogP contribution in [0.4, 0.5) is 10.5 Å². The molecule has 2 amide bonds. The Labute approximate surface area is 204 Å². The summed E-state index contributed by atoms with van der Waals surface area (Å²) in [4.78, 5) is 35.5. The Hall–Kier alpha value is -4.13. The predicted octanol–water partition coefficient (Wildman–Crippen LogP) is 5.42. The molecule has 3 N–H and O–H groups in total. The number of amides is 2. The first-order valence-corrected chi connectivity index (χ1v) is 11.7. The largest absolute Gasteiger partial charge is 0.481 e. The highest BCUT2D eigenvalue weighted by atomic mass is 16.5. The third-order valence-electron chi connectivity index (χ3n) is 6.14. The molecule has 0 fully saturated rings. The minimum Gasteiger partial charge on any atom is -0.481 e. The molecule has 0 bridgehead atoms. The van der Waals surface area contributed by atoms with Gasteiger partial charge < -0.3 is 15.2 Å². The molecule has 0 saturated heterocycles. The first-order valence-electron chi connectivity index (χ1n) is 11.7. The lowest BCUT2D eigenvalue weighted by atomic mass is 9.98. The number of hydrogen-bond acceptors (Lipinski definition) is 4. The molecule has 0 aromatic heterocycles. The quantitative estimate of drug-likeness (QED) is 0.386. The number of fused-ring (bicyclic) bond motifs is 3. The molecule has 0 aliphatic heterocycles. The molecule has 3 aromatic carbocycles. The highest BCUT2D eigenvalue weighted by Crippen LogP contribution is 2.44. The van der Waals surface area contributed by atoms with Gasteiger partial charge in [-0.25, -0.2) is 4.79 Å². The summed E-state index contributed by atoms with van der Waals surface area (Å²) in [6.45, 7) is 2.06. The summed E-state index contributed by atoms with van der Waals surface area (Å²) in [6, 6.07) is 22.7. The molecular weight excluding hydrogens is 444 g/mol. The fraction of sp³-hybridized carbons (Fsp3) is 0.250. The van der Waals surface area contributed by atoms with Crippen molar-refractivity contribution in [2.45, 2.75) is 38.1 Å². The first-order chi connectivity index (χ1) is 16.9. The van der Waals surface area contributed by atoms with Gasteiger partial charge in [0, 0.05) is 29.6 Å². The maximum Gasteiger partial charge on any atom is 0.411 e. The average molecular weight is 473 g/mol. The molecule has 0 radical (unpaired) electrons. The molecule has 1 aliphatic carbocycles. The van der Waals surface area contributed by atoms with Gasteiger partial charge in [-0.2, -0.15) is 0 Å². The van der Waals surface area contributed by atoms with Gasteiger partial charge in [-0.15, -0.1) is 0 Å². The standard InChI is InChI=1S/C28H28N2O5/c1-18(7-6-12-26(31)32)29-27(33)19-13-15-20(16-14-19)30-28(34)35-17-25-23-10-4-2-8-21(23)22-9-3-5-11-24(22)25/h2-5,8-11,13-16,18,25H,6-7,12,17H2,1H3,(H,29,33)(H,30,34)(H,31,32). The average Bonchev–Trinajstić information content (AvgIpc) is 3.16. The summed E-state index contributed by atoms with van der Waals surface area (Å²) < 4.78 is 5.56. The third-order valence-corrected chi connectivity index (χ3v) is 6.14. The number of anilines is 1. The smallest absolute Gasteiger partial charge is 0.411 e. The van der Waals surface area contributed by atoms with E-state index < -0.39 is 12.1 Å². The number of aliphatic carboxylic acids is 1. The fourth-order valence-corrected chi connectivity index (χ4v) is 4.40. The van der Waals surface area contributed by atoms with Crippen LogP contribution in [0.3, 0.4) is 0 Å². The van der Waals surface area contributed by atoms with Crippen molar-refractivity contribution >= 4 is 23.7 Å². The molecule has 180 valence electrons. The van der Waals surface area contributed by atoms with Crippen LogP contribution in [-0.2, 0) is 9.53 Å². The molecule has 3 aromatic rings. The number of rotatable bonds is 9. The van der Waals surface area contributed by atoms with E-state index in [9.17, 15) is 14.4 Å². The molecular formula is C28H28N2O5. The Morgan fingerprint density at radius 2 is 1.51 bits per heavy atom. The van der Waals surface area contributed by atoms with E-state index in [-0.39, 0.29) is 30.9 Å². The van der Waals surface area contributed by atoms with Crippen LogP contribution in [0.2, 0.25) is 0 Å². The lowest BCUT2D eigenvalue weighted by Gasteiger charge is -2.15. The normalized spacial score (nSPS) is 12.8. The van der Waals surface area contributed by atoms with Crippen molar-refractivity contribution in [2.24, 2.45) is 0 Å². The summed E-state index contributed by atoms with van der Waals surface area (Å²) in [5, 5.41) is 14.3. The summed E-state index contributed by atoms with van der Waals surface area (Å²) >= 11 is 0. The molecule has 0 saturated carbocycles. The zero-order valence-electron chi connectivity index (χ0n) is 19.5. The summed E-state index contributed by atoms with van der Waals surface area (Å²) in [5.74, 6) is -1.11. The van der Waals surface area contributed by atoms with Gasteiger partial charge in [-0.3, -0.25) is 14.9 Å². The Kier molecular flexibility index (Phi) is 7.45. The van der Waals surface area contributed by atoms with Gasteiger partial charge in [-0.1, -0.05) is 48.5 Å². The first kappa shape index (κ1) is 24.0. The zero-order valence-corrected chi connectivity index (χ0v) is 19.5. The van der Waals surface area contributed by atoms with E-state index in [0.29, 0.717) is 24.1 Å². The molecule has 35 heavy (non-hydrogen) atoms. The van der Waals surface area contributed by atoms with Gasteiger partial charge in [0.15, 0.2) is 0 Å². The number of carboxylic acid groups (broad SMARTS) is 1. The molecule has 0 spiro atoms. The van der Waals surface area contributed by atoms with Crippen molar-refractivity contribution in [3.05, 3.63) is 89.5 Å². The lowest BCUT2D eigenvalue weighted by Crippen LogP contribution is -2.32. The lowest BCUT2D eigenvalue weighted by molar-refractivity contribution is -0.137. The van der Waals surface area contributed by atoms with E-state index in [1.165, 1.54) is 11.1 Å². The van der Waals surface area contributed by atoms with Crippen LogP contribution in [-0.4, -0.2) is 35.7 Å². The van der Waals surface area contributed by atoms with E-state index in [2.05, 4.69) is 34.9 Å². The maximum absolute atomic E-state index is 12.5. The highest BCUT2D eigenvalue weighted by molar-refractivity contribution is 5.95. The SMILES string of the molecule is CC(CCCC(=O)O)NC(=O)c1ccc(NC(=O)OCC2c3ccccc3-c3ccccc32)cc1. The number of carbonyl (C=O) groups is 3. The van der Waals surface area contributed by atoms with Crippen molar-refractivity contribution in [1.82, 2.24) is 5.32 Å². The summed E-state index contributed by atoms with van der Waals surface area (Å²) in [7, 11) is 0. The van der Waals surface area contributed by atoms with Crippen LogP contribution in [0.1, 0.15) is 53.6 Å². The Bertz CT molecular complexity index is 1180. The van der Waals surface area contributed by atoms with Crippen LogP contribution in [0, 0.1) is 0 Å². The molecule has 1 atom stereocenters. The van der Waals surface area contributed by atoms with Gasteiger partial charge in [0.25, 0.3) is 5.91 Å². The third kappa shape index (κ3) is 5.87. The Morgan fingerprint density at radius 1 is 0.914 bits per heavy atom. The van der Waals surface area contributed by atoms with Crippen molar-refractivity contribution in [1.29, 1.82) is 0 Å². The number of carbonyl (C=O) groups excluding carboxylic acids is 2. The van der Waals surface area contributed by atoms with Crippen LogP contribution in [0.15, 0.2) is 72.8 Å². The summed E-state index contributed by atoms with van der Waals surface area (Å²) in [5.41, 5.74) is 5.61. The fourth-order valence-electron chi connectivity index (χ4n) is 4.40. The van der Waals surface area contributed by atoms with Crippen molar-refractivity contribution in [3.63, 3.8) is 0 Å². The van der Waals surface area contributed by atoms with Crippen LogP contribution < -0.4 is 10.6 Å². The second-order valence-corrected chi connectivity index (χ2v) is 8.69. The van der Waals surface area contributed by atoms with E-state index >= 15 is 0 Å². The van der Waals surface area contributed by atoms with Gasteiger partial charge >= 0.3 is 12.1 Å². The number of benzene rings is 3. The van der Waals surface area contributed by atoms with E-state index in [1.807, 2.05) is 31.2 Å². The second-order valence-electron chi connectivity index (χ2n) is 8.69. The highest BCUT2D eigenvalue weighted by Gasteiger charge is 2.29. The van der Waals surface area contributed by atoms with Crippen LogP contribution >= 0.6 is 0 Å². The van der Waals surface area contributed by atoms with Gasteiger partial charge in [0.1, 0.15) is 6.61 Å². The predicted molar refractivity (Wildman–Crippen MR) is 134 cm³/mol. The number of hydrogen-bond donors (Lipinski definition) is 3. The van der Waals surface area contributed by atoms with Gasteiger partial charge in [0.2, 0.25) is 0 Å². The molecule has 1 aliphatic rings. The maximum atomic E-state index is 12.5. The number of nitrogens with one attached hydrogen (secondary N) is 2. The van der Waals surface area contributed by atoms with Gasteiger partial charge in [0.05, 0.1) is 0 Å². The zero-order chi connectivity index (χ0) is 24.8. The van der Waals surface area contributed by atoms with E-state index in [4.69, 9.17) is 9.84 Å². The minimum atomic E-state index is -0.844. The molecule has 7 heteroatoms. The van der Waals surface area contributed by atoms with Crippen molar-refractivity contribution < 1.29 is 24.2 Å². The molecule has 4 rings (SSSR count). The van der Waals surface area contributed by atoms with E-state index in [1.54, 1.807) is 24.3 Å². The topological polar surface area (TPSA) is 105 Å². The summed E-state index contributed by atoms with van der Waals surface area (Å²) in [6.07, 6.45) is 0.603. The Balaban J connectivity index is 1.29. The second kappa shape index (κ2) is 10.9. The van der Waals surface area contributed by atoms with Crippen molar-refractivity contribution in [3.8, 4) is 11.1 Å². The monoisotopic (exact) mass is 472 g/mol. The van der Waals surface area contributed by atoms with Gasteiger partial charge in [-0.05, 0) is 66.3 Å².